The first-order valence-electron chi connectivity index (χ1n) is 9.53. The summed E-state index contributed by atoms with van der Waals surface area (Å²) in [6.07, 6.45) is 1.60. The monoisotopic (exact) mass is 376 g/mol. The highest BCUT2D eigenvalue weighted by molar-refractivity contribution is 5.94. The maximum absolute atomic E-state index is 12.6. The number of carbonyl (C=O) groups is 2. The lowest BCUT2D eigenvalue weighted by Gasteiger charge is -2.36. The molecule has 3 heterocycles. The molecule has 0 saturated carbocycles. The van der Waals surface area contributed by atoms with E-state index in [0.717, 1.165) is 13.1 Å². The second kappa shape index (κ2) is 9.14. The van der Waals surface area contributed by atoms with Gasteiger partial charge in [0.2, 0.25) is 11.8 Å². The van der Waals surface area contributed by atoms with Gasteiger partial charge in [0.25, 0.3) is 5.91 Å². The van der Waals surface area contributed by atoms with Gasteiger partial charge in [0.05, 0.1) is 31.4 Å². The molecule has 3 rings (SSSR count). The third kappa shape index (κ3) is 5.40. The lowest BCUT2D eigenvalue weighted by Crippen LogP contribution is -2.53. The van der Waals surface area contributed by atoms with Crippen molar-refractivity contribution in [2.45, 2.75) is 20.0 Å². The Morgan fingerprint density at radius 3 is 2.33 bits per heavy atom. The number of piperazine rings is 1. The lowest BCUT2D eigenvalue weighted by molar-refractivity contribution is -0.134. The smallest absolute Gasteiger partial charge is 0.255 e. The van der Waals surface area contributed by atoms with E-state index in [2.05, 4.69) is 9.88 Å². The first kappa shape index (κ1) is 19.6. The average molecular weight is 376 g/mol. The van der Waals surface area contributed by atoms with Crippen LogP contribution in [0.25, 0.3) is 0 Å². The first-order valence-corrected chi connectivity index (χ1v) is 9.53. The van der Waals surface area contributed by atoms with Gasteiger partial charge in [-0.1, -0.05) is 0 Å². The van der Waals surface area contributed by atoms with E-state index >= 15 is 0 Å². The van der Waals surface area contributed by atoms with Crippen LogP contribution >= 0.6 is 0 Å². The van der Waals surface area contributed by atoms with Gasteiger partial charge in [0.15, 0.2) is 0 Å². The van der Waals surface area contributed by atoms with Crippen LogP contribution in [0.1, 0.15) is 24.2 Å². The fourth-order valence-corrected chi connectivity index (χ4v) is 3.21. The summed E-state index contributed by atoms with van der Waals surface area (Å²) < 4.78 is 10.8. The number of ether oxygens (including phenoxy) is 2. The van der Waals surface area contributed by atoms with E-state index in [-0.39, 0.29) is 17.9 Å². The van der Waals surface area contributed by atoms with Crippen LogP contribution in [-0.4, -0.2) is 96.6 Å². The highest BCUT2D eigenvalue weighted by Gasteiger charge is 2.26. The van der Waals surface area contributed by atoms with E-state index in [0.29, 0.717) is 57.4 Å². The second-order valence-electron chi connectivity index (χ2n) is 7.11. The average Bonchev–Trinajstić information content (AvgIpc) is 2.68. The van der Waals surface area contributed by atoms with Crippen LogP contribution in [0.4, 0.5) is 0 Å². The van der Waals surface area contributed by atoms with Crippen LogP contribution in [0, 0.1) is 0 Å². The van der Waals surface area contributed by atoms with Crippen LogP contribution in [-0.2, 0) is 9.53 Å². The zero-order valence-corrected chi connectivity index (χ0v) is 16.1. The van der Waals surface area contributed by atoms with Gasteiger partial charge >= 0.3 is 0 Å². The van der Waals surface area contributed by atoms with Gasteiger partial charge in [0, 0.05) is 51.5 Å². The van der Waals surface area contributed by atoms with Crippen molar-refractivity contribution < 1.29 is 19.1 Å². The van der Waals surface area contributed by atoms with E-state index < -0.39 is 0 Å². The zero-order valence-electron chi connectivity index (χ0n) is 16.1. The normalized spacial score (nSPS) is 18.6. The Labute approximate surface area is 160 Å². The number of hydrogen-bond acceptors (Lipinski definition) is 6. The van der Waals surface area contributed by atoms with E-state index in [1.165, 1.54) is 0 Å². The Balaban J connectivity index is 1.47. The molecule has 27 heavy (non-hydrogen) atoms. The summed E-state index contributed by atoms with van der Waals surface area (Å²) in [5.41, 5.74) is 0.541. The molecule has 0 bridgehead atoms. The molecule has 2 aliphatic rings. The summed E-state index contributed by atoms with van der Waals surface area (Å²) in [6.45, 7) is 9.47. The Hall–Kier alpha value is -2.19. The molecular weight excluding hydrogens is 348 g/mol. The molecule has 1 aromatic rings. The Bertz CT molecular complexity index is 636. The molecule has 0 N–H and O–H groups in total. The fourth-order valence-electron chi connectivity index (χ4n) is 3.21. The molecule has 8 nitrogen and oxygen atoms in total. The van der Waals surface area contributed by atoms with Crippen molar-refractivity contribution in [1.82, 2.24) is 19.7 Å². The van der Waals surface area contributed by atoms with Crippen molar-refractivity contribution in [2.75, 3.05) is 59.0 Å². The third-order valence-corrected chi connectivity index (χ3v) is 4.72. The van der Waals surface area contributed by atoms with E-state index in [9.17, 15) is 9.59 Å². The molecule has 2 aliphatic heterocycles. The van der Waals surface area contributed by atoms with Gasteiger partial charge in [-0.3, -0.25) is 14.5 Å². The number of rotatable bonds is 5. The number of aromatic nitrogens is 1. The molecule has 8 heteroatoms. The molecule has 148 valence electrons. The maximum atomic E-state index is 12.6. The lowest BCUT2D eigenvalue weighted by atomic mass is 10.2. The van der Waals surface area contributed by atoms with Crippen LogP contribution in [0.3, 0.4) is 0 Å². The summed E-state index contributed by atoms with van der Waals surface area (Å²) in [6, 6.07) is 3.46. The van der Waals surface area contributed by atoms with Gasteiger partial charge in [-0.05, 0) is 19.9 Å². The van der Waals surface area contributed by atoms with E-state index in [1.807, 2.05) is 18.7 Å². The van der Waals surface area contributed by atoms with Crippen LogP contribution in [0.2, 0.25) is 0 Å². The number of pyridine rings is 1. The molecule has 0 radical (unpaired) electrons. The Morgan fingerprint density at radius 1 is 1.07 bits per heavy atom. The number of amides is 2. The third-order valence-electron chi connectivity index (χ3n) is 4.72. The van der Waals surface area contributed by atoms with Gasteiger partial charge in [-0.2, -0.15) is 0 Å². The molecule has 1 aromatic heterocycles. The van der Waals surface area contributed by atoms with Gasteiger partial charge in [0.1, 0.15) is 0 Å². The van der Waals surface area contributed by atoms with Crippen LogP contribution < -0.4 is 4.74 Å². The Morgan fingerprint density at radius 2 is 1.74 bits per heavy atom. The van der Waals surface area contributed by atoms with Crippen molar-refractivity contribution in [3.63, 3.8) is 0 Å². The molecule has 2 fully saturated rings. The number of carbonyl (C=O) groups excluding carboxylic acids is 2. The predicted molar refractivity (Wildman–Crippen MR) is 99.7 cm³/mol. The van der Waals surface area contributed by atoms with Crippen molar-refractivity contribution in [3.05, 3.63) is 23.9 Å². The summed E-state index contributed by atoms with van der Waals surface area (Å²) >= 11 is 0. The van der Waals surface area contributed by atoms with Crippen LogP contribution in [0.15, 0.2) is 18.3 Å². The second-order valence-corrected chi connectivity index (χ2v) is 7.11. The van der Waals surface area contributed by atoms with Crippen molar-refractivity contribution in [3.8, 4) is 5.88 Å². The van der Waals surface area contributed by atoms with Gasteiger partial charge < -0.3 is 19.3 Å². The molecule has 2 amide bonds. The summed E-state index contributed by atoms with van der Waals surface area (Å²) in [4.78, 5) is 35.0. The van der Waals surface area contributed by atoms with Crippen LogP contribution in [0.5, 0.6) is 5.88 Å². The SMILES string of the molecule is CC(C)Oc1ccc(C(=O)N2CCN(C(=O)CN3CCOCC3)CC2)cn1. The van der Waals surface area contributed by atoms with Gasteiger partial charge in [-0.25, -0.2) is 4.98 Å². The molecule has 0 aromatic carbocycles. The highest BCUT2D eigenvalue weighted by atomic mass is 16.5. The topological polar surface area (TPSA) is 75.2 Å². The van der Waals surface area contributed by atoms with Crippen molar-refractivity contribution >= 4 is 11.8 Å². The zero-order chi connectivity index (χ0) is 19.2. The van der Waals surface area contributed by atoms with Crippen molar-refractivity contribution in [1.29, 1.82) is 0 Å². The minimum atomic E-state index is -0.0566. The molecule has 0 spiro atoms. The molecule has 0 aliphatic carbocycles. The summed E-state index contributed by atoms with van der Waals surface area (Å²) in [5.74, 6) is 0.583. The highest BCUT2D eigenvalue weighted by Crippen LogP contribution is 2.13. The minimum Gasteiger partial charge on any atom is -0.475 e. The number of nitrogens with zero attached hydrogens (tertiary/aromatic N) is 4. The van der Waals surface area contributed by atoms with Gasteiger partial charge in [-0.15, -0.1) is 0 Å². The molecular formula is C19H28N4O4. The Kier molecular flexibility index (Phi) is 6.63. The number of morpholine rings is 1. The van der Waals surface area contributed by atoms with E-state index in [4.69, 9.17) is 9.47 Å². The van der Waals surface area contributed by atoms with Crippen molar-refractivity contribution in [2.24, 2.45) is 0 Å². The standard InChI is InChI=1S/C19H28N4O4/c1-15(2)27-17-4-3-16(13-20-17)19(25)23-7-5-22(6-8-23)18(24)14-21-9-11-26-12-10-21/h3-4,13,15H,5-12,14H2,1-2H3. The first-order chi connectivity index (χ1) is 13.0. The predicted octanol–water partition coefficient (Wildman–Crippen LogP) is 0.485. The summed E-state index contributed by atoms with van der Waals surface area (Å²) in [5, 5.41) is 0. The van der Waals surface area contributed by atoms with E-state index in [1.54, 1.807) is 23.2 Å². The molecule has 0 unspecified atom stereocenters. The summed E-state index contributed by atoms with van der Waals surface area (Å²) in [7, 11) is 0. The maximum Gasteiger partial charge on any atom is 0.255 e. The largest absolute Gasteiger partial charge is 0.475 e. The quantitative estimate of drug-likeness (QED) is 0.744. The molecule has 2 saturated heterocycles. The minimum absolute atomic E-state index is 0.0436. The number of hydrogen-bond donors (Lipinski definition) is 0. The fraction of sp³-hybridized carbons (Fsp3) is 0.632. The molecule has 0 atom stereocenters.